The number of halogens is 1. The smallest absolute Gasteiger partial charge is 0.304 e. The second kappa shape index (κ2) is 6.29. The molecular weight excluding hydrogens is 281 g/mol. The molecule has 1 heterocycles. The van der Waals surface area contributed by atoms with Crippen LogP contribution in [0.3, 0.4) is 0 Å². The molecule has 1 aliphatic rings. The quantitative estimate of drug-likeness (QED) is 0.644. The average molecular weight is 295 g/mol. The summed E-state index contributed by atoms with van der Waals surface area (Å²) in [5.41, 5.74) is -0.756. The van der Waals surface area contributed by atoms with Gasteiger partial charge in [0.05, 0.1) is 4.92 Å². The molecule has 8 heteroatoms. The third kappa shape index (κ3) is 3.53. The fourth-order valence-corrected chi connectivity index (χ4v) is 2.11. The van der Waals surface area contributed by atoms with E-state index in [-0.39, 0.29) is 11.5 Å². The first kappa shape index (κ1) is 14.9. The summed E-state index contributed by atoms with van der Waals surface area (Å²) in [5.74, 6) is -1.99. The fourth-order valence-electron chi connectivity index (χ4n) is 2.11. The highest BCUT2D eigenvalue weighted by molar-refractivity contribution is 5.97. The normalized spacial score (nSPS) is 18.5. The third-order valence-corrected chi connectivity index (χ3v) is 3.25. The van der Waals surface area contributed by atoms with Crippen molar-refractivity contribution in [2.45, 2.75) is 25.3 Å². The average Bonchev–Trinajstić information content (AvgIpc) is 2.63. The van der Waals surface area contributed by atoms with Crippen molar-refractivity contribution >= 4 is 17.5 Å². The lowest BCUT2D eigenvalue weighted by molar-refractivity contribution is -0.387. The van der Waals surface area contributed by atoms with Crippen LogP contribution in [0.2, 0.25) is 0 Å². The summed E-state index contributed by atoms with van der Waals surface area (Å²) in [4.78, 5) is 33.3. The first-order valence-electron chi connectivity index (χ1n) is 6.51. The summed E-state index contributed by atoms with van der Waals surface area (Å²) in [5, 5.41) is 15.7. The van der Waals surface area contributed by atoms with Crippen LogP contribution in [0, 0.1) is 15.9 Å². The number of carbonyl (C=O) groups is 2. The van der Waals surface area contributed by atoms with E-state index >= 15 is 0 Å². The van der Waals surface area contributed by atoms with Crippen molar-refractivity contribution < 1.29 is 18.9 Å². The van der Waals surface area contributed by atoms with Crippen LogP contribution in [0.4, 0.5) is 10.1 Å². The highest BCUT2D eigenvalue weighted by Crippen LogP contribution is 2.18. The molecule has 1 unspecified atom stereocenters. The first-order chi connectivity index (χ1) is 9.99. The van der Waals surface area contributed by atoms with Gasteiger partial charge < -0.3 is 10.6 Å². The molecule has 2 N–H and O–H groups in total. The number of amides is 2. The van der Waals surface area contributed by atoms with Crippen LogP contribution in [-0.2, 0) is 4.79 Å². The Balaban J connectivity index is 2.11. The summed E-state index contributed by atoms with van der Waals surface area (Å²) in [6.45, 7) is 0.567. The number of nitrogens with zero attached hydrogens (tertiary/aromatic N) is 1. The van der Waals surface area contributed by atoms with Crippen LogP contribution in [-0.4, -0.2) is 29.3 Å². The van der Waals surface area contributed by atoms with E-state index in [1.165, 1.54) is 0 Å². The fraction of sp³-hybridized carbons (Fsp3) is 0.385. The van der Waals surface area contributed by atoms with Gasteiger partial charge in [-0.15, -0.1) is 0 Å². The van der Waals surface area contributed by atoms with Gasteiger partial charge in [0.2, 0.25) is 11.7 Å². The van der Waals surface area contributed by atoms with Crippen LogP contribution < -0.4 is 10.6 Å². The van der Waals surface area contributed by atoms with Gasteiger partial charge in [0.1, 0.15) is 6.04 Å². The SMILES string of the molecule is O=C(NC1CCCCNC1=O)c1ccc([N+](=O)[O-])c(F)c1. The molecule has 112 valence electrons. The first-order valence-corrected chi connectivity index (χ1v) is 6.51. The van der Waals surface area contributed by atoms with E-state index in [0.29, 0.717) is 13.0 Å². The predicted molar refractivity (Wildman–Crippen MR) is 71.2 cm³/mol. The summed E-state index contributed by atoms with van der Waals surface area (Å²) in [6, 6.07) is 2.21. The molecule has 2 rings (SSSR count). The number of rotatable bonds is 3. The monoisotopic (exact) mass is 295 g/mol. The standard InChI is InChI=1S/C13H14FN3O4/c14-9-7-8(4-5-11(9)17(20)21)12(18)16-10-3-1-2-6-15-13(10)19/h4-5,7,10H,1-3,6H2,(H,15,19)(H,16,18). The molecule has 0 radical (unpaired) electrons. The van der Waals surface area contributed by atoms with Crippen molar-refractivity contribution in [2.75, 3.05) is 6.54 Å². The van der Waals surface area contributed by atoms with Crippen LogP contribution >= 0.6 is 0 Å². The lowest BCUT2D eigenvalue weighted by Crippen LogP contribution is -2.45. The van der Waals surface area contributed by atoms with E-state index in [1.54, 1.807) is 0 Å². The van der Waals surface area contributed by atoms with Gasteiger partial charge in [0.25, 0.3) is 5.91 Å². The molecule has 1 fully saturated rings. The van der Waals surface area contributed by atoms with Gasteiger partial charge in [0.15, 0.2) is 0 Å². The Kier molecular flexibility index (Phi) is 4.46. The molecule has 0 saturated carbocycles. The molecular formula is C13H14FN3O4. The van der Waals surface area contributed by atoms with Gasteiger partial charge in [-0.2, -0.15) is 4.39 Å². The van der Waals surface area contributed by atoms with E-state index in [4.69, 9.17) is 0 Å². The molecule has 0 spiro atoms. The second-order valence-electron chi connectivity index (χ2n) is 4.74. The van der Waals surface area contributed by atoms with E-state index in [1.807, 2.05) is 0 Å². The Morgan fingerprint density at radius 1 is 1.43 bits per heavy atom. The third-order valence-electron chi connectivity index (χ3n) is 3.25. The summed E-state index contributed by atoms with van der Waals surface area (Å²) in [6.07, 6.45) is 2.13. The highest BCUT2D eigenvalue weighted by Gasteiger charge is 2.24. The molecule has 7 nitrogen and oxygen atoms in total. The number of nitrogens with one attached hydrogen (secondary N) is 2. The number of nitro groups is 1. The van der Waals surface area contributed by atoms with Crippen molar-refractivity contribution in [3.8, 4) is 0 Å². The minimum Gasteiger partial charge on any atom is -0.354 e. The minimum atomic E-state index is -1.09. The Bertz CT molecular complexity index is 591. The predicted octanol–water partition coefficient (Wildman–Crippen LogP) is 1.13. The Morgan fingerprint density at radius 3 is 2.86 bits per heavy atom. The van der Waals surface area contributed by atoms with Crippen molar-refractivity contribution in [3.63, 3.8) is 0 Å². The number of hydrogen-bond acceptors (Lipinski definition) is 4. The Morgan fingerprint density at radius 2 is 2.19 bits per heavy atom. The van der Waals surface area contributed by atoms with Gasteiger partial charge in [-0.25, -0.2) is 0 Å². The largest absolute Gasteiger partial charge is 0.354 e. The zero-order valence-electron chi connectivity index (χ0n) is 11.1. The molecule has 1 atom stereocenters. The number of hydrogen-bond donors (Lipinski definition) is 2. The van der Waals surface area contributed by atoms with Crippen LogP contribution in [0.5, 0.6) is 0 Å². The van der Waals surface area contributed by atoms with E-state index < -0.39 is 28.4 Å². The van der Waals surface area contributed by atoms with Crippen LogP contribution in [0.15, 0.2) is 18.2 Å². The maximum absolute atomic E-state index is 13.5. The van der Waals surface area contributed by atoms with Gasteiger partial charge >= 0.3 is 5.69 Å². The molecule has 1 aromatic carbocycles. The van der Waals surface area contributed by atoms with Gasteiger partial charge in [-0.3, -0.25) is 19.7 Å². The maximum atomic E-state index is 13.5. The molecule has 1 saturated heterocycles. The number of carbonyl (C=O) groups excluding carboxylic acids is 2. The lowest BCUT2D eigenvalue weighted by Gasteiger charge is -2.15. The van der Waals surface area contributed by atoms with Crippen molar-refractivity contribution in [1.29, 1.82) is 0 Å². The summed E-state index contributed by atoms with van der Waals surface area (Å²) < 4.78 is 13.5. The molecule has 1 aromatic rings. The van der Waals surface area contributed by atoms with Crippen LogP contribution in [0.1, 0.15) is 29.6 Å². The van der Waals surface area contributed by atoms with Crippen molar-refractivity contribution in [2.24, 2.45) is 0 Å². The number of benzene rings is 1. The van der Waals surface area contributed by atoms with Gasteiger partial charge in [0, 0.05) is 18.2 Å². The molecule has 0 aliphatic carbocycles. The molecule has 0 bridgehead atoms. The molecule has 1 aliphatic heterocycles. The summed E-state index contributed by atoms with van der Waals surface area (Å²) >= 11 is 0. The van der Waals surface area contributed by atoms with Crippen LogP contribution in [0.25, 0.3) is 0 Å². The van der Waals surface area contributed by atoms with Gasteiger partial charge in [-0.05, 0) is 31.4 Å². The molecule has 0 aromatic heterocycles. The zero-order chi connectivity index (χ0) is 15.4. The molecule has 21 heavy (non-hydrogen) atoms. The highest BCUT2D eigenvalue weighted by atomic mass is 19.1. The zero-order valence-corrected chi connectivity index (χ0v) is 11.1. The lowest BCUT2D eigenvalue weighted by atomic mass is 10.1. The Hall–Kier alpha value is -2.51. The topological polar surface area (TPSA) is 101 Å². The second-order valence-corrected chi connectivity index (χ2v) is 4.74. The molecule has 2 amide bonds. The van der Waals surface area contributed by atoms with Gasteiger partial charge in [-0.1, -0.05) is 0 Å². The van der Waals surface area contributed by atoms with E-state index in [2.05, 4.69) is 10.6 Å². The summed E-state index contributed by atoms with van der Waals surface area (Å²) in [7, 11) is 0. The Labute approximate surface area is 119 Å². The van der Waals surface area contributed by atoms with E-state index in [0.717, 1.165) is 31.0 Å². The number of nitro benzene ring substituents is 1. The van der Waals surface area contributed by atoms with E-state index in [9.17, 15) is 24.1 Å². The minimum absolute atomic E-state index is 0.0600. The van der Waals surface area contributed by atoms with Crippen molar-refractivity contribution in [3.05, 3.63) is 39.7 Å². The maximum Gasteiger partial charge on any atom is 0.304 e. The van der Waals surface area contributed by atoms with Crippen molar-refractivity contribution in [1.82, 2.24) is 10.6 Å².